The lowest BCUT2D eigenvalue weighted by atomic mass is 10.2. The van der Waals surface area contributed by atoms with Gasteiger partial charge in [0.15, 0.2) is 5.76 Å². The van der Waals surface area contributed by atoms with E-state index in [0.717, 1.165) is 11.3 Å². The molecule has 0 unspecified atom stereocenters. The summed E-state index contributed by atoms with van der Waals surface area (Å²) < 4.78 is 5.65. The Morgan fingerprint density at radius 2 is 1.70 bits per heavy atom. The summed E-state index contributed by atoms with van der Waals surface area (Å²) in [5.74, 6) is 0.680. The molecule has 1 aromatic heterocycles. The quantitative estimate of drug-likeness (QED) is 0.703. The van der Waals surface area contributed by atoms with Gasteiger partial charge < -0.3 is 15.5 Å². The lowest BCUT2D eigenvalue weighted by Gasteiger charge is -2.01. The topological polar surface area (TPSA) is 64.1 Å². The summed E-state index contributed by atoms with van der Waals surface area (Å²) >= 11 is 5.86. The van der Waals surface area contributed by atoms with E-state index in [0.29, 0.717) is 22.5 Å². The van der Waals surface area contributed by atoms with Crippen LogP contribution in [0.1, 0.15) is 0 Å². The number of anilines is 3. The summed E-state index contributed by atoms with van der Waals surface area (Å²) in [7, 11) is 0. The Labute approximate surface area is 121 Å². The Hall–Kier alpha value is -2.46. The smallest absolute Gasteiger partial charge is 0.299 e. The second kappa shape index (κ2) is 5.27. The van der Waals surface area contributed by atoms with Crippen molar-refractivity contribution in [3.8, 4) is 11.3 Å². The minimum atomic E-state index is 0.430. The lowest BCUT2D eigenvalue weighted by Crippen LogP contribution is -1.90. The summed E-state index contributed by atoms with van der Waals surface area (Å²) in [5, 5.41) is 3.76. The number of hydrogen-bond donors (Lipinski definition) is 2. The van der Waals surface area contributed by atoms with Crippen LogP contribution < -0.4 is 11.1 Å². The molecule has 0 radical (unpaired) electrons. The predicted octanol–water partition coefficient (Wildman–Crippen LogP) is 4.32. The number of oxazole rings is 1. The molecule has 0 aliphatic carbocycles. The molecule has 1 heterocycles. The van der Waals surface area contributed by atoms with Crippen molar-refractivity contribution in [3.63, 3.8) is 0 Å². The van der Waals surface area contributed by atoms with Gasteiger partial charge in [-0.25, -0.2) is 4.98 Å². The van der Waals surface area contributed by atoms with Crippen LogP contribution in [0.4, 0.5) is 17.4 Å². The number of nitrogens with zero attached hydrogens (tertiary/aromatic N) is 1. The zero-order chi connectivity index (χ0) is 13.9. The van der Waals surface area contributed by atoms with Gasteiger partial charge in [-0.1, -0.05) is 11.6 Å². The lowest BCUT2D eigenvalue weighted by molar-refractivity contribution is 0.592. The van der Waals surface area contributed by atoms with Crippen LogP contribution in [0.5, 0.6) is 0 Å². The van der Waals surface area contributed by atoms with Crippen molar-refractivity contribution in [2.75, 3.05) is 11.1 Å². The van der Waals surface area contributed by atoms with Gasteiger partial charge in [0.1, 0.15) is 0 Å². The zero-order valence-corrected chi connectivity index (χ0v) is 11.3. The Bertz CT molecular complexity index is 705. The van der Waals surface area contributed by atoms with E-state index in [4.69, 9.17) is 21.8 Å². The molecule has 100 valence electrons. The Morgan fingerprint density at radius 3 is 2.40 bits per heavy atom. The normalized spacial score (nSPS) is 10.4. The van der Waals surface area contributed by atoms with Crippen molar-refractivity contribution in [2.24, 2.45) is 0 Å². The molecule has 0 bridgehead atoms. The highest BCUT2D eigenvalue weighted by Gasteiger charge is 2.06. The Balaban J connectivity index is 1.80. The van der Waals surface area contributed by atoms with Crippen LogP contribution >= 0.6 is 11.6 Å². The number of aromatic nitrogens is 1. The van der Waals surface area contributed by atoms with E-state index in [2.05, 4.69) is 10.3 Å². The van der Waals surface area contributed by atoms with Crippen LogP contribution in [0.15, 0.2) is 59.1 Å². The predicted molar refractivity (Wildman–Crippen MR) is 81.1 cm³/mol. The number of nitrogen functional groups attached to an aromatic ring is 1. The maximum atomic E-state index is 5.86. The van der Waals surface area contributed by atoms with E-state index in [9.17, 15) is 0 Å². The van der Waals surface area contributed by atoms with Crippen molar-refractivity contribution in [3.05, 3.63) is 59.8 Å². The van der Waals surface area contributed by atoms with Gasteiger partial charge in [-0.05, 0) is 48.5 Å². The standard InChI is InChI=1S/C15H12ClN3O/c16-11-3-1-10(2-4-11)14-9-18-15(20-14)19-13-7-5-12(17)6-8-13/h1-9H,17H2,(H,18,19). The van der Waals surface area contributed by atoms with Crippen molar-refractivity contribution >= 4 is 29.0 Å². The van der Waals surface area contributed by atoms with E-state index < -0.39 is 0 Å². The number of nitrogens with two attached hydrogens (primary N) is 1. The SMILES string of the molecule is Nc1ccc(Nc2ncc(-c3ccc(Cl)cc3)o2)cc1. The fourth-order valence-corrected chi connectivity index (χ4v) is 1.90. The highest BCUT2D eigenvalue weighted by molar-refractivity contribution is 6.30. The number of nitrogens with one attached hydrogen (secondary N) is 1. The molecule has 0 atom stereocenters. The fourth-order valence-electron chi connectivity index (χ4n) is 1.77. The van der Waals surface area contributed by atoms with E-state index in [-0.39, 0.29) is 0 Å². The first-order valence-corrected chi connectivity index (χ1v) is 6.43. The molecule has 3 N–H and O–H groups in total. The van der Waals surface area contributed by atoms with Crippen molar-refractivity contribution in [1.29, 1.82) is 0 Å². The van der Waals surface area contributed by atoms with Gasteiger partial charge in [0, 0.05) is 22.0 Å². The zero-order valence-electron chi connectivity index (χ0n) is 10.5. The molecule has 0 spiro atoms. The third-order valence-electron chi connectivity index (χ3n) is 2.80. The number of hydrogen-bond acceptors (Lipinski definition) is 4. The molecule has 0 fully saturated rings. The van der Waals surface area contributed by atoms with Crippen LogP contribution in [0.25, 0.3) is 11.3 Å². The van der Waals surface area contributed by atoms with E-state index in [1.54, 1.807) is 6.20 Å². The highest BCUT2D eigenvalue weighted by Crippen LogP contribution is 2.25. The first kappa shape index (κ1) is 12.6. The van der Waals surface area contributed by atoms with Gasteiger partial charge in [0.05, 0.1) is 6.20 Å². The molecule has 3 rings (SSSR count). The maximum Gasteiger partial charge on any atom is 0.299 e. The number of benzene rings is 2. The fraction of sp³-hybridized carbons (Fsp3) is 0. The van der Waals surface area contributed by atoms with Crippen LogP contribution in [0, 0.1) is 0 Å². The van der Waals surface area contributed by atoms with Crippen LogP contribution in [0.3, 0.4) is 0 Å². The molecule has 3 aromatic rings. The van der Waals surface area contributed by atoms with Crippen LogP contribution in [-0.2, 0) is 0 Å². The number of rotatable bonds is 3. The third kappa shape index (κ3) is 2.75. The van der Waals surface area contributed by atoms with Gasteiger partial charge in [-0.2, -0.15) is 0 Å². The highest BCUT2D eigenvalue weighted by atomic mass is 35.5. The van der Waals surface area contributed by atoms with Crippen LogP contribution in [0.2, 0.25) is 5.02 Å². The van der Waals surface area contributed by atoms with Gasteiger partial charge in [-0.3, -0.25) is 0 Å². The molecule has 0 amide bonds. The van der Waals surface area contributed by atoms with Gasteiger partial charge in [0.25, 0.3) is 6.01 Å². The van der Waals surface area contributed by atoms with E-state index in [1.807, 2.05) is 48.5 Å². The van der Waals surface area contributed by atoms with Gasteiger partial charge >= 0.3 is 0 Å². The van der Waals surface area contributed by atoms with Gasteiger partial charge in [-0.15, -0.1) is 0 Å². The molecule has 0 aliphatic rings. The molecule has 2 aromatic carbocycles. The molecule has 0 aliphatic heterocycles. The monoisotopic (exact) mass is 285 g/mol. The van der Waals surface area contributed by atoms with Crippen molar-refractivity contribution in [1.82, 2.24) is 4.98 Å². The van der Waals surface area contributed by atoms with Crippen LogP contribution in [-0.4, -0.2) is 4.98 Å². The second-order valence-electron chi connectivity index (χ2n) is 4.28. The Morgan fingerprint density at radius 1 is 1.00 bits per heavy atom. The summed E-state index contributed by atoms with van der Waals surface area (Å²) in [6, 6.07) is 15.2. The minimum Gasteiger partial charge on any atom is -0.423 e. The van der Waals surface area contributed by atoms with E-state index in [1.165, 1.54) is 0 Å². The minimum absolute atomic E-state index is 0.430. The molecule has 20 heavy (non-hydrogen) atoms. The molecule has 5 heteroatoms. The molecular weight excluding hydrogens is 274 g/mol. The summed E-state index contributed by atoms with van der Waals surface area (Å²) in [4.78, 5) is 4.19. The largest absolute Gasteiger partial charge is 0.423 e. The van der Waals surface area contributed by atoms with E-state index >= 15 is 0 Å². The first-order valence-electron chi connectivity index (χ1n) is 6.05. The van der Waals surface area contributed by atoms with Crippen molar-refractivity contribution in [2.45, 2.75) is 0 Å². The maximum absolute atomic E-state index is 5.86. The average Bonchev–Trinajstić information content (AvgIpc) is 2.91. The average molecular weight is 286 g/mol. The Kier molecular flexibility index (Phi) is 3.31. The molecule has 4 nitrogen and oxygen atoms in total. The first-order chi connectivity index (χ1) is 9.70. The summed E-state index contributed by atoms with van der Waals surface area (Å²) in [6.07, 6.45) is 1.67. The second-order valence-corrected chi connectivity index (χ2v) is 4.72. The summed E-state index contributed by atoms with van der Waals surface area (Å²) in [5.41, 5.74) is 8.14. The van der Waals surface area contributed by atoms with Gasteiger partial charge in [0.2, 0.25) is 0 Å². The number of halogens is 1. The molecular formula is C15H12ClN3O. The van der Waals surface area contributed by atoms with Crippen molar-refractivity contribution < 1.29 is 4.42 Å². The third-order valence-corrected chi connectivity index (χ3v) is 3.05. The summed E-state index contributed by atoms with van der Waals surface area (Å²) in [6.45, 7) is 0. The molecule has 0 saturated carbocycles. The molecule has 0 saturated heterocycles.